The second-order valence-electron chi connectivity index (χ2n) is 7.39. The first kappa shape index (κ1) is 22.5. The van der Waals surface area contributed by atoms with Gasteiger partial charge in [0.15, 0.2) is 0 Å². The molecule has 1 aromatic carbocycles. The molecule has 2 heterocycles. The quantitative estimate of drug-likeness (QED) is 0.581. The molecule has 29 heavy (non-hydrogen) atoms. The van der Waals surface area contributed by atoms with Crippen molar-refractivity contribution < 1.29 is 22.7 Å². The summed E-state index contributed by atoms with van der Waals surface area (Å²) in [6, 6.07) is 2.87. The summed E-state index contributed by atoms with van der Waals surface area (Å²) in [5.41, 5.74) is 0. The van der Waals surface area contributed by atoms with E-state index in [4.69, 9.17) is 27.9 Å². The van der Waals surface area contributed by atoms with Gasteiger partial charge < -0.3 is 14.4 Å². The fourth-order valence-electron chi connectivity index (χ4n) is 4.29. The fourth-order valence-corrected chi connectivity index (χ4v) is 6.91. The molecule has 160 valence electrons. The Labute approximate surface area is 180 Å². The van der Waals surface area contributed by atoms with E-state index in [1.165, 1.54) is 22.5 Å². The number of amides is 1. The Hall–Kier alpha value is -1.19. The molecule has 1 aromatic rings. The standard InChI is InChI=1S/C19H24Cl2N2O5S/c1-28-8-6-22-12-13(5-7-24)17-3-2-4-18(19(22)25)23(17)29(26,27)16-10-14(20)9-15(21)11-16/h7,9-11,13,17-18H,2-6,8,12H2,1H3/t13-,17+,18-/m0/s1. The van der Waals surface area contributed by atoms with Gasteiger partial charge in [0, 0.05) is 42.7 Å². The number of rotatable bonds is 7. The Kier molecular flexibility index (Phi) is 7.22. The number of carbonyl (C=O) groups is 2. The molecule has 0 unspecified atom stereocenters. The average Bonchev–Trinajstić information content (AvgIpc) is 2.74. The topological polar surface area (TPSA) is 84.0 Å². The molecule has 3 atom stereocenters. The van der Waals surface area contributed by atoms with Gasteiger partial charge in [0.25, 0.3) is 0 Å². The number of sulfonamides is 1. The van der Waals surface area contributed by atoms with Crippen molar-refractivity contribution in [1.82, 2.24) is 9.21 Å². The summed E-state index contributed by atoms with van der Waals surface area (Å²) in [4.78, 5) is 26.2. The average molecular weight is 463 g/mol. The van der Waals surface area contributed by atoms with Crippen molar-refractivity contribution in [3.8, 4) is 0 Å². The van der Waals surface area contributed by atoms with Gasteiger partial charge in [0.1, 0.15) is 12.3 Å². The zero-order valence-corrected chi connectivity index (χ0v) is 18.4. The Morgan fingerprint density at radius 3 is 2.52 bits per heavy atom. The van der Waals surface area contributed by atoms with Crippen LogP contribution in [0.4, 0.5) is 0 Å². The number of ether oxygens (including phenoxy) is 1. The summed E-state index contributed by atoms with van der Waals surface area (Å²) in [6.07, 6.45) is 2.71. The van der Waals surface area contributed by atoms with Crippen molar-refractivity contribution in [2.24, 2.45) is 5.92 Å². The Balaban J connectivity index is 2.08. The highest BCUT2D eigenvalue weighted by atomic mass is 35.5. The zero-order valence-electron chi connectivity index (χ0n) is 16.1. The lowest BCUT2D eigenvalue weighted by molar-refractivity contribution is -0.135. The maximum atomic E-state index is 13.6. The zero-order chi connectivity index (χ0) is 21.2. The highest BCUT2D eigenvalue weighted by Gasteiger charge is 2.49. The molecule has 0 aliphatic carbocycles. The molecule has 0 radical (unpaired) electrons. The number of halogens is 2. The predicted octanol–water partition coefficient (Wildman–Crippen LogP) is 2.60. The van der Waals surface area contributed by atoms with Gasteiger partial charge in [-0.1, -0.05) is 23.2 Å². The number of aldehydes is 1. The first-order chi connectivity index (χ1) is 13.8. The number of hydrogen-bond donors (Lipinski definition) is 0. The van der Waals surface area contributed by atoms with Crippen LogP contribution in [0.1, 0.15) is 25.7 Å². The summed E-state index contributed by atoms with van der Waals surface area (Å²) < 4.78 is 33.6. The minimum Gasteiger partial charge on any atom is -0.383 e. The van der Waals surface area contributed by atoms with Crippen LogP contribution in [0, 0.1) is 5.92 Å². The van der Waals surface area contributed by atoms with Crippen molar-refractivity contribution in [1.29, 1.82) is 0 Å². The number of hydrogen-bond acceptors (Lipinski definition) is 5. The molecule has 2 saturated heterocycles. The number of benzene rings is 1. The first-order valence-electron chi connectivity index (χ1n) is 9.50. The van der Waals surface area contributed by atoms with Gasteiger partial charge >= 0.3 is 0 Å². The van der Waals surface area contributed by atoms with Crippen LogP contribution in [-0.4, -0.2) is 68.7 Å². The Bertz CT molecular complexity index is 859. The Morgan fingerprint density at radius 1 is 1.21 bits per heavy atom. The molecule has 3 rings (SSSR count). The van der Waals surface area contributed by atoms with E-state index < -0.39 is 22.1 Å². The smallest absolute Gasteiger partial charge is 0.244 e. The molecule has 2 aliphatic rings. The molecule has 0 spiro atoms. The number of carbonyl (C=O) groups excluding carboxylic acids is 2. The third-order valence-electron chi connectivity index (χ3n) is 5.58. The van der Waals surface area contributed by atoms with Crippen LogP contribution in [0.25, 0.3) is 0 Å². The molecular formula is C19H24Cl2N2O5S. The van der Waals surface area contributed by atoms with E-state index in [0.29, 0.717) is 32.5 Å². The van der Waals surface area contributed by atoms with Crippen LogP contribution < -0.4 is 0 Å². The highest BCUT2D eigenvalue weighted by Crippen LogP contribution is 2.38. The van der Waals surface area contributed by atoms with Crippen LogP contribution in [0.5, 0.6) is 0 Å². The van der Waals surface area contributed by atoms with Crippen molar-refractivity contribution in [3.05, 3.63) is 28.2 Å². The van der Waals surface area contributed by atoms with Gasteiger partial charge in [-0.2, -0.15) is 4.31 Å². The van der Waals surface area contributed by atoms with Gasteiger partial charge in [0.2, 0.25) is 15.9 Å². The van der Waals surface area contributed by atoms with Crippen LogP contribution in [-0.2, 0) is 24.3 Å². The van der Waals surface area contributed by atoms with Gasteiger partial charge in [-0.3, -0.25) is 4.79 Å². The Morgan fingerprint density at radius 2 is 1.90 bits per heavy atom. The van der Waals surface area contributed by atoms with Gasteiger partial charge in [-0.15, -0.1) is 0 Å². The largest absolute Gasteiger partial charge is 0.383 e. The van der Waals surface area contributed by atoms with E-state index in [1.54, 1.807) is 12.0 Å². The SMILES string of the molecule is COCCN1C[C@H](CC=O)[C@H]2CCC[C@@H](C1=O)N2S(=O)(=O)c1cc(Cl)cc(Cl)c1. The van der Waals surface area contributed by atoms with Crippen molar-refractivity contribution in [2.75, 3.05) is 26.8 Å². The molecule has 1 amide bonds. The number of methoxy groups -OCH3 is 1. The molecule has 2 fully saturated rings. The molecule has 2 bridgehead atoms. The number of fused-ring (bicyclic) bond motifs is 2. The lowest BCUT2D eigenvalue weighted by atomic mass is 9.89. The van der Waals surface area contributed by atoms with E-state index in [2.05, 4.69) is 0 Å². The van der Waals surface area contributed by atoms with Crippen molar-refractivity contribution in [2.45, 2.75) is 42.7 Å². The van der Waals surface area contributed by atoms with E-state index in [-0.39, 0.29) is 33.2 Å². The minimum absolute atomic E-state index is 0.0464. The van der Waals surface area contributed by atoms with E-state index in [9.17, 15) is 18.0 Å². The lowest BCUT2D eigenvalue weighted by Crippen LogP contribution is -2.54. The summed E-state index contributed by atoms with van der Waals surface area (Å²) >= 11 is 12.1. The minimum atomic E-state index is -4.05. The van der Waals surface area contributed by atoms with Gasteiger partial charge in [-0.05, 0) is 43.4 Å². The molecule has 0 N–H and O–H groups in total. The maximum absolute atomic E-state index is 13.6. The fraction of sp³-hybridized carbons (Fsp3) is 0.579. The molecule has 7 nitrogen and oxygen atoms in total. The van der Waals surface area contributed by atoms with Gasteiger partial charge in [-0.25, -0.2) is 8.42 Å². The third-order valence-corrected chi connectivity index (χ3v) is 7.93. The van der Waals surface area contributed by atoms with Crippen molar-refractivity contribution in [3.63, 3.8) is 0 Å². The van der Waals surface area contributed by atoms with E-state index in [0.717, 1.165) is 12.7 Å². The maximum Gasteiger partial charge on any atom is 0.244 e. The number of nitrogens with zero attached hydrogens (tertiary/aromatic N) is 2. The van der Waals surface area contributed by atoms with Gasteiger partial charge in [0.05, 0.1) is 11.5 Å². The van der Waals surface area contributed by atoms with Crippen LogP contribution in [0.15, 0.2) is 23.1 Å². The van der Waals surface area contributed by atoms with E-state index >= 15 is 0 Å². The van der Waals surface area contributed by atoms with Crippen LogP contribution in [0.2, 0.25) is 10.0 Å². The first-order valence-corrected chi connectivity index (χ1v) is 11.7. The van der Waals surface area contributed by atoms with Crippen LogP contribution in [0.3, 0.4) is 0 Å². The van der Waals surface area contributed by atoms with E-state index in [1.807, 2.05) is 0 Å². The predicted molar refractivity (Wildman–Crippen MR) is 110 cm³/mol. The second kappa shape index (κ2) is 9.31. The summed E-state index contributed by atoms with van der Waals surface area (Å²) in [5.74, 6) is -0.542. The molecular weight excluding hydrogens is 439 g/mol. The molecule has 10 heteroatoms. The molecule has 2 aliphatic heterocycles. The monoisotopic (exact) mass is 462 g/mol. The summed E-state index contributed by atoms with van der Waals surface area (Å²) in [7, 11) is -2.50. The summed E-state index contributed by atoms with van der Waals surface area (Å²) in [6.45, 7) is 1.02. The van der Waals surface area contributed by atoms with Crippen LogP contribution >= 0.6 is 23.2 Å². The highest BCUT2D eigenvalue weighted by molar-refractivity contribution is 7.89. The lowest BCUT2D eigenvalue weighted by Gasteiger charge is -2.40. The summed E-state index contributed by atoms with van der Waals surface area (Å²) in [5, 5.41) is 0.405. The molecule has 0 saturated carbocycles. The number of piperidine rings is 1. The second-order valence-corrected chi connectivity index (χ2v) is 10.1. The van der Waals surface area contributed by atoms with Crippen molar-refractivity contribution >= 4 is 45.4 Å². The molecule has 0 aromatic heterocycles. The third kappa shape index (κ3) is 4.61. The normalized spacial score (nSPS) is 25.7.